The van der Waals surface area contributed by atoms with E-state index in [9.17, 15) is 33.9 Å². The number of fused-ring (bicyclic) bond motifs is 3. The number of carbonyl (C=O) groups is 6. The van der Waals surface area contributed by atoms with E-state index in [1.807, 2.05) is 34.6 Å². The van der Waals surface area contributed by atoms with Crippen LogP contribution in [0.25, 0.3) is 0 Å². The summed E-state index contributed by atoms with van der Waals surface area (Å²) in [6.07, 6.45) is -0.277. The van der Waals surface area contributed by atoms with Gasteiger partial charge in [0.15, 0.2) is 6.10 Å². The van der Waals surface area contributed by atoms with E-state index in [1.54, 1.807) is 13.8 Å². The zero-order valence-corrected chi connectivity index (χ0v) is 30.3. The van der Waals surface area contributed by atoms with Crippen LogP contribution >= 0.6 is 0 Å². The van der Waals surface area contributed by atoms with Gasteiger partial charge in [-0.2, -0.15) is 0 Å². The van der Waals surface area contributed by atoms with Gasteiger partial charge in [-0.05, 0) is 49.4 Å². The topological polar surface area (TPSA) is 181 Å². The van der Waals surface area contributed by atoms with Gasteiger partial charge in [-0.25, -0.2) is 15.6 Å². The molecule has 0 aromatic carbocycles. The molecule has 0 aliphatic carbocycles. The van der Waals surface area contributed by atoms with Crippen molar-refractivity contribution < 1.29 is 38.6 Å². The molecule has 0 spiro atoms. The molecule has 4 aliphatic rings. The Morgan fingerprint density at radius 2 is 1.55 bits per heavy atom. The van der Waals surface area contributed by atoms with Gasteiger partial charge in [0.1, 0.15) is 30.2 Å². The number of amides is 5. The molecule has 4 N–H and O–H groups in total. The van der Waals surface area contributed by atoms with Crippen LogP contribution < -0.4 is 16.2 Å². The molecule has 0 aromatic heterocycles. The predicted molar refractivity (Wildman–Crippen MR) is 179 cm³/mol. The third kappa shape index (κ3) is 8.37. The molecule has 4 rings (SSSR count). The minimum absolute atomic E-state index is 0.00601. The number of likely N-dealkylation sites (N-methyl/N-ethyl adjacent to an activating group) is 1. The van der Waals surface area contributed by atoms with Crippen molar-refractivity contribution >= 4 is 35.5 Å². The van der Waals surface area contributed by atoms with Crippen LogP contribution in [0.3, 0.4) is 0 Å². The monoisotopic (exact) mass is 691 g/mol. The van der Waals surface area contributed by atoms with Crippen molar-refractivity contribution in [1.29, 1.82) is 0 Å². The summed E-state index contributed by atoms with van der Waals surface area (Å²) in [7, 11) is 1.52. The molecule has 4 saturated heterocycles. The molecular formula is C34H57N7O8. The van der Waals surface area contributed by atoms with E-state index in [2.05, 4.69) is 16.2 Å². The molecule has 0 radical (unpaired) electrons. The van der Waals surface area contributed by atoms with E-state index in [0.29, 0.717) is 32.2 Å². The highest BCUT2D eigenvalue weighted by atomic mass is 16.6. The number of aliphatic hydroxyl groups excluding tert-OH is 1. The van der Waals surface area contributed by atoms with E-state index >= 15 is 0 Å². The number of carbonyl (C=O) groups excluding carboxylic acids is 6. The molecule has 1 unspecified atom stereocenters. The van der Waals surface area contributed by atoms with Crippen molar-refractivity contribution in [2.24, 2.45) is 23.7 Å². The van der Waals surface area contributed by atoms with E-state index in [0.717, 1.165) is 0 Å². The lowest BCUT2D eigenvalue weighted by molar-refractivity contribution is -0.175. The number of cyclic esters (lactones) is 1. The van der Waals surface area contributed by atoms with Gasteiger partial charge in [0.2, 0.25) is 17.7 Å². The summed E-state index contributed by atoms with van der Waals surface area (Å²) in [5.41, 5.74) is 5.92. The lowest BCUT2D eigenvalue weighted by atomic mass is 9.96. The summed E-state index contributed by atoms with van der Waals surface area (Å²) in [6.45, 7) is 13.7. The number of ether oxygens (including phenoxy) is 1. The minimum atomic E-state index is -1.28. The Kier molecular flexibility index (Phi) is 12.7. The fourth-order valence-corrected chi connectivity index (χ4v) is 7.28. The standard InChI is InChI=1S/C34H57N7O8/c1-9-21(7)27-34(48)49-28(19(4)5)33(47)40-23(11-10-12-35-40)32(46)41-26(15-22(42)16-36-41)30(44)38(8)25(13-18(2)3)31(45)39-17-20(6)14-24(39)29(43)37-27/h18-28,35-36,42H,9-17H2,1-8H3,(H,37,43)/t20-,21?,22+,23-,24+,25-,26+,27-,28+/m1/s1. The van der Waals surface area contributed by atoms with Crippen molar-refractivity contribution in [1.82, 2.24) is 36.0 Å². The molecule has 4 fully saturated rings. The Morgan fingerprint density at radius 1 is 0.878 bits per heavy atom. The van der Waals surface area contributed by atoms with Gasteiger partial charge < -0.3 is 25.0 Å². The summed E-state index contributed by atoms with van der Waals surface area (Å²) in [6, 6.07) is -5.16. The first-order valence-electron chi connectivity index (χ1n) is 18.0. The third-order valence-corrected chi connectivity index (χ3v) is 10.3. The zero-order chi connectivity index (χ0) is 36.3. The first-order chi connectivity index (χ1) is 23.1. The molecule has 5 amide bonds. The molecule has 9 atom stereocenters. The van der Waals surface area contributed by atoms with Crippen molar-refractivity contribution in [2.45, 2.75) is 129 Å². The summed E-state index contributed by atoms with van der Waals surface area (Å²) in [5, 5.41) is 15.9. The highest BCUT2D eigenvalue weighted by Gasteiger charge is 2.48. The lowest BCUT2D eigenvalue weighted by Crippen LogP contribution is -2.69. The third-order valence-electron chi connectivity index (χ3n) is 10.3. The average Bonchev–Trinajstić information content (AvgIpc) is 3.47. The molecular weight excluding hydrogens is 634 g/mol. The highest BCUT2D eigenvalue weighted by molar-refractivity contribution is 5.97. The van der Waals surface area contributed by atoms with E-state index in [1.165, 1.54) is 26.9 Å². The van der Waals surface area contributed by atoms with Crippen LogP contribution in [0.5, 0.6) is 0 Å². The van der Waals surface area contributed by atoms with Gasteiger partial charge in [0.25, 0.3) is 11.8 Å². The minimum Gasteiger partial charge on any atom is -0.450 e. The van der Waals surface area contributed by atoms with Crippen LogP contribution in [0.15, 0.2) is 0 Å². The Bertz CT molecular complexity index is 1260. The molecule has 0 aromatic rings. The maximum Gasteiger partial charge on any atom is 0.329 e. The number of nitrogens with one attached hydrogen (secondary N) is 3. The summed E-state index contributed by atoms with van der Waals surface area (Å²) in [5.74, 6) is -4.25. The fraction of sp³-hybridized carbons (Fsp3) is 0.824. The number of β-amino-alcohol motifs (C(OH)–C–C–N with tert-alkyl or cyclic N) is 1. The van der Waals surface area contributed by atoms with E-state index in [4.69, 9.17) is 4.74 Å². The second-order valence-electron chi connectivity index (χ2n) is 15.2. The van der Waals surface area contributed by atoms with Crippen molar-refractivity contribution in [3.8, 4) is 0 Å². The Labute approximate surface area is 289 Å². The largest absolute Gasteiger partial charge is 0.450 e. The molecule has 4 heterocycles. The molecule has 49 heavy (non-hydrogen) atoms. The maximum atomic E-state index is 14.4. The predicted octanol–water partition coefficient (Wildman–Crippen LogP) is 0.171. The summed E-state index contributed by atoms with van der Waals surface area (Å²) in [4.78, 5) is 88.0. The number of hydrogen-bond acceptors (Lipinski definition) is 10. The van der Waals surface area contributed by atoms with Crippen LogP contribution in [0.2, 0.25) is 0 Å². The van der Waals surface area contributed by atoms with Crippen molar-refractivity contribution in [2.75, 3.05) is 26.7 Å². The average molecular weight is 692 g/mol. The van der Waals surface area contributed by atoms with Crippen LogP contribution in [0.4, 0.5) is 0 Å². The molecule has 276 valence electrons. The van der Waals surface area contributed by atoms with Gasteiger partial charge in [0, 0.05) is 33.1 Å². The fourth-order valence-electron chi connectivity index (χ4n) is 7.28. The van der Waals surface area contributed by atoms with Crippen LogP contribution in [-0.2, 0) is 33.5 Å². The normalized spacial score (nSPS) is 33.5. The van der Waals surface area contributed by atoms with Crippen LogP contribution in [-0.4, -0.2) is 130 Å². The number of aliphatic hydroxyl groups is 1. The Hall–Kier alpha value is -3.30. The highest BCUT2D eigenvalue weighted by Crippen LogP contribution is 2.29. The molecule has 0 bridgehead atoms. The van der Waals surface area contributed by atoms with Crippen LogP contribution in [0, 0.1) is 23.7 Å². The molecule has 4 aliphatic heterocycles. The van der Waals surface area contributed by atoms with E-state index < -0.39 is 83.8 Å². The number of esters is 1. The van der Waals surface area contributed by atoms with Crippen molar-refractivity contribution in [3.63, 3.8) is 0 Å². The second-order valence-corrected chi connectivity index (χ2v) is 15.2. The first kappa shape index (κ1) is 38.5. The Morgan fingerprint density at radius 3 is 2.18 bits per heavy atom. The quantitative estimate of drug-likeness (QED) is 0.290. The van der Waals surface area contributed by atoms with Gasteiger partial charge in [-0.1, -0.05) is 54.9 Å². The van der Waals surface area contributed by atoms with Crippen LogP contribution in [0.1, 0.15) is 87.0 Å². The van der Waals surface area contributed by atoms with E-state index in [-0.39, 0.29) is 43.7 Å². The van der Waals surface area contributed by atoms with Crippen molar-refractivity contribution in [3.05, 3.63) is 0 Å². The van der Waals surface area contributed by atoms with Gasteiger partial charge in [-0.15, -0.1) is 0 Å². The SMILES string of the molecule is CCC(C)[C@H]1NC(=O)[C@@H]2C[C@@H](C)CN2C(=O)[C@@H](CC(C)C)N(C)C(=O)[C@@H]2C[C@H](O)CNN2C(=O)[C@H]2CCCNN2C(=O)[C@H](C(C)C)OC1=O. The van der Waals surface area contributed by atoms with Gasteiger partial charge >= 0.3 is 5.97 Å². The molecule has 15 heteroatoms. The summed E-state index contributed by atoms with van der Waals surface area (Å²) >= 11 is 0. The molecule has 15 nitrogen and oxygen atoms in total. The first-order valence-corrected chi connectivity index (χ1v) is 18.0. The second kappa shape index (κ2) is 16.2. The number of rotatable bonds is 5. The maximum absolute atomic E-state index is 14.4. The van der Waals surface area contributed by atoms with Gasteiger partial charge in [0.05, 0.1) is 6.10 Å². The van der Waals surface area contributed by atoms with Gasteiger partial charge in [-0.3, -0.25) is 34.0 Å². The molecule has 0 saturated carbocycles. The summed E-state index contributed by atoms with van der Waals surface area (Å²) < 4.78 is 5.90. The number of hydrazine groups is 2. The number of nitrogens with zero attached hydrogens (tertiary/aromatic N) is 4. The number of hydrogen-bond donors (Lipinski definition) is 4. The zero-order valence-electron chi connectivity index (χ0n) is 30.3. The Balaban J connectivity index is 1.84. The lowest BCUT2D eigenvalue weighted by Gasteiger charge is -2.45. The smallest absolute Gasteiger partial charge is 0.329 e.